The van der Waals surface area contributed by atoms with Crippen molar-refractivity contribution in [1.82, 2.24) is 4.90 Å². The van der Waals surface area contributed by atoms with E-state index in [2.05, 4.69) is 5.32 Å². The first-order chi connectivity index (χ1) is 14.5. The molecule has 8 heteroatoms. The molecule has 31 heavy (non-hydrogen) atoms. The van der Waals surface area contributed by atoms with Crippen LogP contribution >= 0.6 is 0 Å². The van der Waals surface area contributed by atoms with Crippen LogP contribution in [0.3, 0.4) is 0 Å². The van der Waals surface area contributed by atoms with Crippen molar-refractivity contribution in [2.75, 3.05) is 12.4 Å². The molecule has 0 saturated heterocycles. The van der Waals surface area contributed by atoms with Crippen LogP contribution in [0.15, 0.2) is 36.4 Å². The van der Waals surface area contributed by atoms with E-state index in [0.29, 0.717) is 22.3 Å². The summed E-state index contributed by atoms with van der Waals surface area (Å²) in [5.74, 6) is -1.46. The monoisotopic (exact) mass is 424 g/mol. The number of aryl methyl sites for hydroxylation is 1. The number of nitrogens with zero attached hydrogens (tertiary/aromatic N) is 1. The van der Waals surface area contributed by atoms with Gasteiger partial charge in [0.2, 0.25) is 0 Å². The van der Waals surface area contributed by atoms with Crippen LogP contribution in [0.2, 0.25) is 0 Å². The molecule has 0 fully saturated rings. The van der Waals surface area contributed by atoms with Crippen LogP contribution in [0.5, 0.6) is 0 Å². The maximum atomic E-state index is 12.7. The first-order valence-corrected chi connectivity index (χ1v) is 9.69. The van der Waals surface area contributed by atoms with Gasteiger partial charge in [0.1, 0.15) is 5.60 Å². The van der Waals surface area contributed by atoms with Crippen LogP contribution in [0.1, 0.15) is 63.0 Å². The average Bonchev–Trinajstić information content (AvgIpc) is 2.93. The largest absolute Gasteiger partial charge is 0.465 e. The summed E-state index contributed by atoms with van der Waals surface area (Å²) in [5, 5.41) is 2.57. The van der Waals surface area contributed by atoms with Crippen LogP contribution in [-0.2, 0) is 16.0 Å². The Morgan fingerprint density at radius 3 is 2.13 bits per heavy atom. The maximum absolute atomic E-state index is 12.7. The van der Waals surface area contributed by atoms with Crippen molar-refractivity contribution in [3.05, 3.63) is 64.2 Å². The highest BCUT2D eigenvalue weighted by Gasteiger charge is 2.35. The number of benzene rings is 2. The summed E-state index contributed by atoms with van der Waals surface area (Å²) in [4.78, 5) is 51.0. The van der Waals surface area contributed by atoms with Gasteiger partial charge < -0.3 is 9.47 Å². The fourth-order valence-corrected chi connectivity index (χ4v) is 3.27. The molecule has 2 aromatic rings. The number of hydrogen-bond acceptors (Lipinski definition) is 6. The Balaban J connectivity index is 1.92. The molecule has 1 N–H and O–H groups in total. The highest BCUT2D eigenvalue weighted by Crippen LogP contribution is 2.28. The number of hydrogen-bond donors (Lipinski definition) is 1. The number of fused-ring (bicyclic) bond motifs is 1. The van der Waals surface area contributed by atoms with Gasteiger partial charge in [0.25, 0.3) is 11.8 Å². The highest BCUT2D eigenvalue weighted by molar-refractivity contribution is 6.21. The lowest BCUT2D eigenvalue weighted by Crippen LogP contribution is -2.30. The Morgan fingerprint density at radius 2 is 1.61 bits per heavy atom. The van der Waals surface area contributed by atoms with Crippen LogP contribution in [0, 0.1) is 6.92 Å². The Bertz CT molecular complexity index is 1050. The lowest BCUT2D eigenvalue weighted by Gasteiger charge is -2.21. The Kier molecular flexibility index (Phi) is 5.83. The number of rotatable bonds is 4. The summed E-state index contributed by atoms with van der Waals surface area (Å²) < 4.78 is 10.1. The number of anilines is 1. The van der Waals surface area contributed by atoms with E-state index in [1.807, 2.05) is 0 Å². The Hall–Kier alpha value is -3.68. The van der Waals surface area contributed by atoms with Crippen molar-refractivity contribution in [2.24, 2.45) is 0 Å². The molecule has 1 aliphatic rings. The first-order valence-electron chi connectivity index (χ1n) is 9.69. The quantitative estimate of drug-likeness (QED) is 0.589. The molecule has 0 aromatic heterocycles. The van der Waals surface area contributed by atoms with E-state index in [1.165, 1.54) is 13.2 Å². The molecule has 0 unspecified atom stereocenters. The molecule has 0 aliphatic carbocycles. The van der Waals surface area contributed by atoms with Crippen molar-refractivity contribution < 1.29 is 28.7 Å². The van der Waals surface area contributed by atoms with Gasteiger partial charge in [0, 0.05) is 0 Å². The van der Waals surface area contributed by atoms with Crippen LogP contribution in [-0.4, -0.2) is 41.5 Å². The molecule has 0 atom stereocenters. The average molecular weight is 424 g/mol. The maximum Gasteiger partial charge on any atom is 0.412 e. The van der Waals surface area contributed by atoms with Crippen LogP contribution < -0.4 is 5.32 Å². The summed E-state index contributed by atoms with van der Waals surface area (Å²) in [6, 6.07) is 9.71. The van der Waals surface area contributed by atoms with E-state index < -0.39 is 29.5 Å². The van der Waals surface area contributed by atoms with Gasteiger partial charge in [0.05, 0.1) is 36.0 Å². The lowest BCUT2D eigenvalue weighted by molar-refractivity contribution is 0.0600. The number of methoxy groups -OCH3 is 1. The second-order valence-electron chi connectivity index (χ2n) is 8.18. The van der Waals surface area contributed by atoms with Gasteiger partial charge in [-0.2, -0.15) is 0 Å². The second kappa shape index (κ2) is 8.22. The summed E-state index contributed by atoms with van der Waals surface area (Å²) in [6.45, 7) is 6.92. The normalized spacial score (nSPS) is 13.1. The topological polar surface area (TPSA) is 102 Å². The van der Waals surface area contributed by atoms with E-state index in [0.717, 1.165) is 4.90 Å². The molecular weight excluding hydrogens is 400 g/mol. The number of nitrogens with one attached hydrogen (secondary N) is 1. The Labute approximate surface area is 180 Å². The second-order valence-corrected chi connectivity index (χ2v) is 8.18. The predicted octanol–water partition coefficient (Wildman–Crippen LogP) is 3.92. The van der Waals surface area contributed by atoms with E-state index in [9.17, 15) is 19.2 Å². The molecule has 162 valence electrons. The minimum Gasteiger partial charge on any atom is -0.465 e. The van der Waals surface area contributed by atoms with Crippen molar-refractivity contribution in [3.8, 4) is 0 Å². The van der Waals surface area contributed by atoms with Crippen molar-refractivity contribution >= 4 is 29.6 Å². The highest BCUT2D eigenvalue weighted by atomic mass is 16.6. The smallest absolute Gasteiger partial charge is 0.412 e. The number of imide groups is 1. The lowest BCUT2D eigenvalue weighted by atomic mass is 10.0. The van der Waals surface area contributed by atoms with E-state index in [-0.39, 0.29) is 17.8 Å². The third kappa shape index (κ3) is 4.58. The molecule has 1 aliphatic heterocycles. The number of esters is 1. The van der Waals surface area contributed by atoms with E-state index in [1.54, 1.807) is 58.0 Å². The molecule has 1 heterocycles. The molecule has 2 aromatic carbocycles. The summed E-state index contributed by atoms with van der Waals surface area (Å²) in [7, 11) is 1.23. The zero-order valence-electron chi connectivity index (χ0n) is 18.1. The number of amides is 3. The predicted molar refractivity (Wildman–Crippen MR) is 113 cm³/mol. The zero-order chi connectivity index (χ0) is 22.9. The van der Waals surface area contributed by atoms with Gasteiger partial charge in [-0.3, -0.25) is 19.8 Å². The molecule has 0 bridgehead atoms. The minimum absolute atomic E-state index is 0.0190. The molecule has 3 amide bonds. The summed E-state index contributed by atoms with van der Waals surface area (Å²) >= 11 is 0. The van der Waals surface area contributed by atoms with Crippen molar-refractivity contribution in [1.29, 1.82) is 0 Å². The Morgan fingerprint density at radius 1 is 1.03 bits per heavy atom. The third-order valence-electron chi connectivity index (χ3n) is 4.72. The molecule has 0 spiro atoms. The van der Waals surface area contributed by atoms with E-state index >= 15 is 0 Å². The molecular formula is C23H24N2O6. The van der Waals surface area contributed by atoms with Gasteiger partial charge >= 0.3 is 12.1 Å². The van der Waals surface area contributed by atoms with Crippen molar-refractivity contribution in [2.45, 2.75) is 39.8 Å². The molecule has 8 nitrogen and oxygen atoms in total. The molecule has 0 radical (unpaired) electrons. The van der Waals surface area contributed by atoms with Gasteiger partial charge in [-0.1, -0.05) is 12.1 Å². The SMILES string of the molecule is COC(=O)c1cc(CN2C(=O)c3ccccc3C2=O)c(C)cc1NC(=O)OC(C)(C)C. The standard InChI is InChI=1S/C23H24N2O6/c1-13-10-18(24-22(29)31-23(2,3)4)17(21(28)30-5)11-14(13)12-25-19(26)15-8-6-7-9-16(15)20(25)27/h6-11H,12H2,1-5H3,(H,24,29). The summed E-state index contributed by atoms with van der Waals surface area (Å²) in [6.07, 6.45) is -0.717. The molecule has 3 rings (SSSR count). The van der Waals surface area contributed by atoms with Gasteiger partial charge in [0.15, 0.2) is 0 Å². The van der Waals surface area contributed by atoms with Gasteiger partial charge in [-0.15, -0.1) is 0 Å². The zero-order valence-corrected chi connectivity index (χ0v) is 18.1. The third-order valence-corrected chi connectivity index (χ3v) is 4.72. The first kappa shape index (κ1) is 22.0. The molecule has 0 saturated carbocycles. The summed E-state index contributed by atoms with van der Waals surface area (Å²) in [5.41, 5.74) is 1.54. The van der Waals surface area contributed by atoms with Crippen LogP contribution in [0.4, 0.5) is 10.5 Å². The number of ether oxygens (including phenoxy) is 2. The number of carbonyl (C=O) groups is 4. The fraction of sp³-hybridized carbons (Fsp3) is 0.304. The fourth-order valence-electron chi connectivity index (χ4n) is 3.27. The van der Waals surface area contributed by atoms with Crippen molar-refractivity contribution in [3.63, 3.8) is 0 Å². The number of carbonyl (C=O) groups excluding carboxylic acids is 4. The van der Waals surface area contributed by atoms with Gasteiger partial charge in [-0.25, -0.2) is 9.59 Å². The van der Waals surface area contributed by atoms with Gasteiger partial charge in [-0.05, 0) is 63.1 Å². The van der Waals surface area contributed by atoms with Crippen LogP contribution in [0.25, 0.3) is 0 Å². The minimum atomic E-state index is -0.717. The van der Waals surface area contributed by atoms with E-state index in [4.69, 9.17) is 9.47 Å².